The zero-order chi connectivity index (χ0) is 21.7. The van der Waals surface area contributed by atoms with E-state index in [1.165, 1.54) is 56.1 Å². The van der Waals surface area contributed by atoms with Crippen molar-refractivity contribution >= 4 is 27.3 Å². The molecule has 3 rings (SSSR count). The van der Waals surface area contributed by atoms with E-state index < -0.39 is 27.8 Å². The van der Waals surface area contributed by atoms with Crippen molar-refractivity contribution in [1.82, 2.24) is 5.32 Å². The summed E-state index contributed by atoms with van der Waals surface area (Å²) in [5.41, 5.74) is 2.36. The van der Waals surface area contributed by atoms with E-state index in [1.807, 2.05) is 12.1 Å². The Morgan fingerprint density at radius 3 is 2.23 bits per heavy atom. The summed E-state index contributed by atoms with van der Waals surface area (Å²) < 4.78 is 38.8. The van der Waals surface area contributed by atoms with Crippen molar-refractivity contribution in [3.05, 3.63) is 59.9 Å². The van der Waals surface area contributed by atoms with E-state index in [1.54, 1.807) is 0 Å². The molecule has 0 saturated carbocycles. The number of piperidine rings is 1. The Kier molecular flexibility index (Phi) is 6.97. The second-order valence-corrected chi connectivity index (χ2v) is 9.50. The second kappa shape index (κ2) is 9.47. The van der Waals surface area contributed by atoms with Crippen molar-refractivity contribution in [3.8, 4) is 0 Å². The van der Waals surface area contributed by atoms with E-state index in [0.717, 1.165) is 29.2 Å². The molecule has 30 heavy (non-hydrogen) atoms. The van der Waals surface area contributed by atoms with Crippen molar-refractivity contribution in [3.63, 3.8) is 0 Å². The molecule has 0 spiro atoms. The van der Waals surface area contributed by atoms with Crippen molar-refractivity contribution in [1.29, 1.82) is 0 Å². The Hall–Kier alpha value is -2.61. The molecule has 1 aliphatic heterocycles. The highest BCUT2D eigenvalue weighted by atomic mass is 32.2. The number of carbonyl (C=O) groups excluding carboxylic acids is 1. The molecule has 6 nitrogen and oxygen atoms in total. The first kappa shape index (κ1) is 22.1. The maximum absolute atomic E-state index is 13.2. The largest absolute Gasteiger partial charge is 0.372 e. The highest BCUT2D eigenvalue weighted by molar-refractivity contribution is 7.92. The molecule has 1 fully saturated rings. The van der Waals surface area contributed by atoms with Crippen LogP contribution >= 0.6 is 0 Å². The lowest BCUT2D eigenvalue weighted by molar-refractivity contribution is -0.122. The summed E-state index contributed by atoms with van der Waals surface area (Å²) in [5.74, 6) is -0.901. The normalized spacial score (nSPS) is 15.5. The van der Waals surface area contributed by atoms with E-state index in [-0.39, 0.29) is 5.69 Å². The maximum Gasteiger partial charge on any atom is 0.243 e. The molecule has 2 aromatic rings. The van der Waals surface area contributed by atoms with Gasteiger partial charge in [0.1, 0.15) is 11.9 Å². The van der Waals surface area contributed by atoms with Crippen LogP contribution in [-0.2, 0) is 21.4 Å². The molecule has 0 aromatic heterocycles. The van der Waals surface area contributed by atoms with E-state index in [0.29, 0.717) is 6.54 Å². The molecule has 1 saturated heterocycles. The predicted molar refractivity (Wildman–Crippen MR) is 118 cm³/mol. The van der Waals surface area contributed by atoms with Crippen LogP contribution in [-0.4, -0.2) is 39.7 Å². The number of anilines is 2. The molecule has 1 aliphatic rings. The third-order valence-electron chi connectivity index (χ3n) is 5.29. The van der Waals surface area contributed by atoms with Gasteiger partial charge in [0.05, 0.1) is 11.9 Å². The van der Waals surface area contributed by atoms with Gasteiger partial charge in [-0.25, -0.2) is 12.8 Å². The zero-order valence-electron chi connectivity index (χ0n) is 17.3. The minimum Gasteiger partial charge on any atom is -0.372 e. The fourth-order valence-electron chi connectivity index (χ4n) is 3.71. The summed E-state index contributed by atoms with van der Waals surface area (Å²) >= 11 is 0. The fraction of sp³-hybridized carbons (Fsp3) is 0.409. The molecular weight excluding hydrogens is 405 g/mol. The first-order chi connectivity index (χ1) is 14.3. The average Bonchev–Trinajstić information content (AvgIpc) is 2.73. The van der Waals surface area contributed by atoms with E-state index in [2.05, 4.69) is 22.3 Å². The third-order valence-corrected chi connectivity index (χ3v) is 6.54. The molecule has 8 heteroatoms. The first-order valence-corrected chi connectivity index (χ1v) is 12.0. The van der Waals surface area contributed by atoms with Gasteiger partial charge in [-0.3, -0.25) is 9.10 Å². The van der Waals surface area contributed by atoms with Gasteiger partial charge in [-0.05, 0) is 68.1 Å². The zero-order valence-corrected chi connectivity index (χ0v) is 18.2. The second-order valence-electron chi connectivity index (χ2n) is 7.64. The monoisotopic (exact) mass is 433 g/mol. The van der Waals surface area contributed by atoms with Crippen LogP contribution in [0.15, 0.2) is 48.5 Å². The number of sulfonamides is 1. The summed E-state index contributed by atoms with van der Waals surface area (Å²) in [7, 11) is -3.73. The molecule has 0 bridgehead atoms. The third kappa shape index (κ3) is 5.50. The fourth-order valence-corrected chi connectivity index (χ4v) is 4.89. The van der Waals surface area contributed by atoms with Crippen LogP contribution < -0.4 is 14.5 Å². The first-order valence-electron chi connectivity index (χ1n) is 10.1. The van der Waals surface area contributed by atoms with Crippen molar-refractivity contribution in [2.75, 3.05) is 28.6 Å². The number of hydrogen-bond acceptors (Lipinski definition) is 4. The summed E-state index contributed by atoms with van der Waals surface area (Å²) in [6.45, 7) is 3.94. The van der Waals surface area contributed by atoms with Crippen LogP contribution in [0.5, 0.6) is 0 Å². The number of hydrogen-bond donors (Lipinski definition) is 1. The maximum atomic E-state index is 13.2. The molecular formula is C22H28FN3O3S. The van der Waals surface area contributed by atoms with Crippen LogP contribution in [0.4, 0.5) is 15.8 Å². The lowest BCUT2D eigenvalue weighted by atomic mass is 10.1. The minimum absolute atomic E-state index is 0.243. The Bertz CT molecular complexity index is 956. The topological polar surface area (TPSA) is 69.7 Å². The van der Waals surface area contributed by atoms with Crippen molar-refractivity contribution in [2.24, 2.45) is 0 Å². The van der Waals surface area contributed by atoms with Gasteiger partial charge in [-0.1, -0.05) is 12.1 Å². The number of benzene rings is 2. The molecule has 0 unspecified atom stereocenters. The van der Waals surface area contributed by atoms with Gasteiger partial charge in [0.25, 0.3) is 0 Å². The van der Waals surface area contributed by atoms with Gasteiger partial charge in [0.15, 0.2) is 0 Å². The lowest BCUT2D eigenvalue weighted by Crippen LogP contribution is -2.47. The van der Waals surface area contributed by atoms with E-state index in [9.17, 15) is 17.6 Å². The molecule has 0 radical (unpaired) electrons. The number of carbonyl (C=O) groups is 1. The van der Waals surface area contributed by atoms with Gasteiger partial charge >= 0.3 is 0 Å². The highest BCUT2D eigenvalue weighted by Gasteiger charge is 2.29. The molecule has 1 N–H and O–H groups in total. The summed E-state index contributed by atoms with van der Waals surface area (Å²) in [6.07, 6.45) is 4.72. The molecule has 1 amide bonds. The van der Waals surface area contributed by atoms with Gasteiger partial charge in [0.2, 0.25) is 15.9 Å². The van der Waals surface area contributed by atoms with Gasteiger partial charge < -0.3 is 10.2 Å². The van der Waals surface area contributed by atoms with Crippen LogP contribution in [0.2, 0.25) is 0 Å². The van der Waals surface area contributed by atoms with Gasteiger partial charge in [-0.2, -0.15) is 0 Å². The summed E-state index contributed by atoms with van der Waals surface area (Å²) in [6, 6.07) is 12.1. The summed E-state index contributed by atoms with van der Waals surface area (Å²) in [4.78, 5) is 15.0. The van der Waals surface area contributed by atoms with Crippen LogP contribution in [0.1, 0.15) is 31.7 Å². The average molecular weight is 434 g/mol. The minimum atomic E-state index is -3.73. The Balaban J connectivity index is 1.64. The quantitative estimate of drug-likeness (QED) is 0.728. The van der Waals surface area contributed by atoms with Gasteiger partial charge in [0, 0.05) is 25.3 Å². The smallest absolute Gasteiger partial charge is 0.243 e. The molecule has 162 valence electrons. The van der Waals surface area contributed by atoms with Crippen LogP contribution in [0, 0.1) is 5.82 Å². The standard InChI is InChI=1S/C22H28FN3O3S/c1-17(26(30(2,28)29)21-12-8-19(23)9-13-21)22(27)24-16-18-6-10-20(11-7-18)25-14-4-3-5-15-25/h6-13,17H,3-5,14-16H2,1-2H3,(H,24,27)/t17-/m1/s1. The number of nitrogens with zero attached hydrogens (tertiary/aromatic N) is 2. The lowest BCUT2D eigenvalue weighted by Gasteiger charge is -2.29. The molecule has 2 aromatic carbocycles. The van der Waals surface area contributed by atoms with Crippen molar-refractivity contribution in [2.45, 2.75) is 38.8 Å². The van der Waals surface area contributed by atoms with E-state index in [4.69, 9.17) is 0 Å². The van der Waals surface area contributed by atoms with Crippen molar-refractivity contribution < 1.29 is 17.6 Å². The molecule has 1 heterocycles. The Morgan fingerprint density at radius 1 is 1.07 bits per heavy atom. The predicted octanol–water partition coefficient (Wildman–Crippen LogP) is 3.29. The van der Waals surface area contributed by atoms with E-state index >= 15 is 0 Å². The number of nitrogens with one attached hydrogen (secondary N) is 1. The number of rotatable bonds is 7. The summed E-state index contributed by atoms with van der Waals surface area (Å²) in [5, 5.41) is 2.80. The Labute approximate surface area is 177 Å². The Morgan fingerprint density at radius 2 is 1.67 bits per heavy atom. The number of amides is 1. The van der Waals surface area contributed by atoms with Gasteiger partial charge in [-0.15, -0.1) is 0 Å². The SMILES string of the molecule is C[C@H](C(=O)NCc1ccc(N2CCCCC2)cc1)N(c1ccc(F)cc1)S(C)(=O)=O. The highest BCUT2D eigenvalue weighted by Crippen LogP contribution is 2.22. The molecule has 1 atom stereocenters. The van der Waals surface area contributed by atoms with Crippen LogP contribution in [0.25, 0.3) is 0 Å². The van der Waals surface area contributed by atoms with Crippen LogP contribution in [0.3, 0.4) is 0 Å². The molecule has 0 aliphatic carbocycles. The number of halogens is 1.